The summed E-state index contributed by atoms with van der Waals surface area (Å²) in [5.74, 6) is 0.164. The van der Waals surface area contributed by atoms with Crippen LogP contribution in [0.15, 0.2) is 12.1 Å². The van der Waals surface area contributed by atoms with Crippen molar-refractivity contribution in [3.05, 3.63) is 23.3 Å². The van der Waals surface area contributed by atoms with Gasteiger partial charge in [0.15, 0.2) is 0 Å². The molecule has 0 saturated carbocycles. The monoisotopic (exact) mass is 167 g/mol. The Balaban J connectivity index is 3.27. The average Bonchev–Trinajstić information content (AvgIpc) is 2.00. The molecule has 0 fully saturated rings. The maximum Gasteiger partial charge on any atom is 0.120 e. The molecular formula is C9H13NO2. The van der Waals surface area contributed by atoms with Crippen molar-refractivity contribution in [3.8, 4) is 5.75 Å². The van der Waals surface area contributed by atoms with E-state index in [0.717, 1.165) is 0 Å². The van der Waals surface area contributed by atoms with Crippen LogP contribution in [0.2, 0.25) is 0 Å². The zero-order chi connectivity index (χ0) is 9.30. The van der Waals surface area contributed by atoms with Crippen molar-refractivity contribution in [2.24, 2.45) is 0 Å². The van der Waals surface area contributed by atoms with Crippen molar-refractivity contribution in [1.29, 1.82) is 0 Å². The van der Waals surface area contributed by atoms with Crippen LogP contribution in [0.3, 0.4) is 0 Å². The second-order valence-electron chi connectivity index (χ2n) is 2.89. The molecule has 0 aromatic heterocycles. The number of hydrogen-bond acceptors (Lipinski definition) is 3. The second kappa shape index (κ2) is 3.03. The highest BCUT2D eigenvalue weighted by Gasteiger charge is 2.09. The number of anilines is 1. The van der Waals surface area contributed by atoms with Gasteiger partial charge in [-0.3, -0.25) is 0 Å². The number of aromatic hydroxyl groups is 1. The summed E-state index contributed by atoms with van der Waals surface area (Å²) < 4.78 is 0. The van der Waals surface area contributed by atoms with Crippen LogP contribution >= 0.6 is 0 Å². The number of nitrogen functional groups attached to an aromatic ring is 1. The van der Waals surface area contributed by atoms with Crippen molar-refractivity contribution in [2.75, 3.05) is 5.73 Å². The first-order valence-electron chi connectivity index (χ1n) is 3.80. The largest absolute Gasteiger partial charge is 0.508 e. The molecule has 0 spiro atoms. The van der Waals surface area contributed by atoms with E-state index in [1.54, 1.807) is 19.9 Å². The first-order chi connectivity index (χ1) is 5.54. The van der Waals surface area contributed by atoms with Crippen molar-refractivity contribution < 1.29 is 10.2 Å². The fourth-order valence-electron chi connectivity index (χ4n) is 1.10. The highest BCUT2D eigenvalue weighted by molar-refractivity contribution is 5.59. The van der Waals surface area contributed by atoms with Gasteiger partial charge < -0.3 is 15.9 Å². The minimum Gasteiger partial charge on any atom is -0.508 e. The van der Waals surface area contributed by atoms with E-state index in [1.165, 1.54) is 6.07 Å². The molecule has 0 aliphatic heterocycles. The van der Waals surface area contributed by atoms with Crippen molar-refractivity contribution in [3.63, 3.8) is 0 Å². The van der Waals surface area contributed by atoms with Crippen LogP contribution in [0.25, 0.3) is 0 Å². The van der Waals surface area contributed by atoms with Crippen LogP contribution in [0.5, 0.6) is 5.75 Å². The Morgan fingerprint density at radius 1 is 1.42 bits per heavy atom. The van der Waals surface area contributed by atoms with E-state index in [4.69, 9.17) is 5.73 Å². The molecule has 1 aromatic carbocycles. The van der Waals surface area contributed by atoms with Crippen molar-refractivity contribution >= 4 is 5.69 Å². The Morgan fingerprint density at radius 3 is 2.50 bits per heavy atom. The van der Waals surface area contributed by atoms with Gasteiger partial charge in [0, 0.05) is 16.8 Å². The maximum absolute atomic E-state index is 9.26. The van der Waals surface area contributed by atoms with Gasteiger partial charge in [0.25, 0.3) is 0 Å². The molecule has 0 radical (unpaired) electrons. The number of rotatable bonds is 1. The molecule has 0 heterocycles. The van der Waals surface area contributed by atoms with Crippen LogP contribution in [0, 0.1) is 6.92 Å². The molecule has 1 rings (SSSR count). The molecule has 1 unspecified atom stereocenters. The third kappa shape index (κ3) is 1.36. The molecule has 66 valence electrons. The fourth-order valence-corrected chi connectivity index (χ4v) is 1.10. The van der Waals surface area contributed by atoms with E-state index >= 15 is 0 Å². The Kier molecular flexibility index (Phi) is 2.24. The predicted octanol–water partition coefficient (Wildman–Crippen LogP) is 1.34. The van der Waals surface area contributed by atoms with Crippen LogP contribution in [-0.2, 0) is 0 Å². The molecule has 1 atom stereocenters. The normalized spacial score (nSPS) is 12.9. The van der Waals surface area contributed by atoms with Crippen molar-refractivity contribution in [2.45, 2.75) is 20.0 Å². The molecule has 4 N–H and O–H groups in total. The van der Waals surface area contributed by atoms with Crippen LogP contribution < -0.4 is 5.73 Å². The van der Waals surface area contributed by atoms with Gasteiger partial charge in [0.1, 0.15) is 5.75 Å². The quantitative estimate of drug-likeness (QED) is 0.553. The fraction of sp³-hybridized carbons (Fsp3) is 0.333. The van der Waals surface area contributed by atoms with E-state index in [1.807, 2.05) is 0 Å². The molecule has 12 heavy (non-hydrogen) atoms. The minimum atomic E-state index is -0.593. The highest BCUT2D eigenvalue weighted by atomic mass is 16.3. The van der Waals surface area contributed by atoms with Gasteiger partial charge in [-0.05, 0) is 19.9 Å². The molecule has 3 nitrogen and oxygen atoms in total. The zero-order valence-electron chi connectivity index (χ0n) is 7.20. The Hall–Kier alpha value is -1.22. The summed E-state index contributed by atoms with van der Waals surface area (Å²) in [7, 11) is 0. The third-order valence-corrected chi connectivity index (χ3v) is 1.97. The molecule has 3 heteroatoms. The van der Waals surface area contributed by atoms with Gasteiger partial charge in [-0.25, -0.2) is 0 Å². The first kappa shape index (κ1) is 8.87. The standard InChI is InChI=1S/C9H13NO2/c1-5-8(12)4-3-7(6(2)11)9(5)10/h3-4,6,11-12H,10H2,1-2H3. The minimum absolute atomic E-state index is 0.164. The van der Waals surface area contributed by atoms with Gasteiger partial charge in [-0.1, -0.05) is 6.07 Å². The number of aliphatic hydroxyl groups is 1. The Morgan fingerprint density at radius 2 is 2.00 bits per heavy atom. The van der Waals surface area contributed by atoms with Gasteiger partial charge in [-0.15, -0.1) is 0 Å². The summed E-state index contributed by atoms with van der Waals surface area (Å²) in [5, 5.41) is 18.5. The molecular weight excluding hydrogens is 154 g/mol. The molecule has 0 aliphatic rings. The number of aliphatic hydroxyl groups excluding tert-OH is 1. The van der Waals surface area contributed by atoms with E-state index in [0.29, 0.717) is 16.8 Å². The SMILES string of the molecule is Cc1c(O)ccc(C(C)O)c1N. The summed E-state index contributed by atoms with van der Waals surface area (Å²) in [6, 6.07) is 3.16. The third-order valence-electron chi connectivity index (χ3n) is 1.97. The number of benzene rings is 1. The lowest BCUT2D eigenvalue weighted by atomic mass is 10.0. The van der Waals surface area contributed by atoms with Gasteiger partial charge >= 0.3 is 0 Å². The second-order valence-corrected chi connectivity index (χ2v) is 2.89. The maximum atomic E-state index is 9.26. The van der Waals surface area contributed by atoms with Gasteiger partial charge in [-0.2, -0.15) is 0 Å². The highest BCUT2D eigenvalue weighted by Crippen LogP contribution is 2.29. The smallest absolute Gasteiger partial charge is 0.120 e. The number of phenolic OH excluding ortho intramolecular Hbond substituents is 1. The molecule has 0 bridgehead atoms. The van der Waals surface area contributed by atoms with Crippen LogP contribution in [0.4, 0.5) is 5.69 Å². The van der Waals surface area contributed by atoms with Crippen LogP contribution in [0.1, 0.15) is 24.2 Å². The lowest BCUT2D eigenvalue weighted by molar-refractivity contribution is 0.200. The number of phenols is 1. The molecule has 1 aromatic rings. The molecule has 0 aliphatic carbocycles. The van der Waals surface area contributed by atoms with E-state index in [2.05, 4.69) is 0 Å². The molecule has 0 amide bonds. The predicted molar refractivity (Wildman–Crippen MR) is 47.9 cm³/mol. The van der Waals surface area contributed by atoms with E-state index in [9.17, 15) is 10.2 Å². The average molecular weight is 167 g/mol. The zero-order valence-corrected chi connectivity index (χ0v) is 7.20. The summed E-state index contributed by atoms with van der Waals surface area (Å²) in [5.41, 5.74) is 7.40. The molecule has 0 saturated heterocycles. The Bertz CT molecular complexity index is 295. The number of hydrogen-bond donors (Lipinski definition) is 3. The van der Waals surface area contributed by atoms with Gasteiger partial charge in [0.05, 0.1) is 6.10 Å². The topological polar surface area (TPSA) is 66.5 Å². The number of nitrogens with two attached hydrogens (primary N) is 1. The van der Waals surface area contributed by atoms with E-state index < -0.39 is 6.10 Å². The summed E-state index contributed by atoms with van der Waals surface area (Å²) in [4.78, 5) is 0. The summed E-state index contributed by atoms with van der Waals surface area (Å²) in [6.45, 7) is 3.36. The Labute approximate surface area is 71.5 Å². The van der Waals surface area contributed by atoms with Crippen molar-refractivity contribution in [1.82, 2.24) is 0 Å². The van der Waals surface area contributed by atoms with E-state index in [-0.39, 0.29) is 5.75 Å². The first-order valence-corrected chi connectivity index (χ1v) is 3.80. The lowest BCUT2D eigenvalue weighted by Crippen LogP contribution is -2.00. The lowest BCUT2D eigenvalue weighted by Gasteiger charge is -2.11. The summed E-state index contributed by atoms with van der Waals surface area (Å²) in [6.07, 6.45) is -0.593. The summed E-state index contributed by atoms with van der Waals surface area (Å²) >= 11 is 0. The van der Waals surface area contributed by atoms with Crippen LogP contribution in [-0.4, -0.2) is 10.2 Å². The van der Waals surface area contributed by atoms with Gasteiger partial charge in [0.2, 0.25) is 0 Å².